The molecule has 0 saturated heterocycles. The van der Waals surface area contributed by atoms with Gasteiger partial charge in [-0.15, -0.1) is 11.3 Å². The van der Waals surface area contributed by atoms with E-state index in [4.69, 9.17) is 4.74 Å². The highest BCUT2D eigenvalue weighted by molar-refractivity contribution is 7.14. The number of aryl methyl sites for hydroxylation is 1. The molecule has 0 aliphatic heterocycles. The van der Waals surface area contributed by atoms with Gasteiger partial charge >= 0.3 is 5.97 Å². The summed E-state index contributed by atoms with van der Waals surface area (Å²) in [5, 5.41) is 0. The van der Waals surface area contributed by atoms with Crippen molar-refractivity contribution in [2.45, 2.75) is 74.2 Å². The third kappa shape index (κ3) is 8.17. The summed E-state index contributed by atoms with van der Waals surface area (Å²) in [6, 6.07) is 0. The second kappa shape index (κ2) is 11.0. The molecule has 0 aliphatic carbocycles. The van der Waals surface area contributed by atoms with E-state index in [9.17, 15) is 18.4 Å². The first-order valence-corrected chi connectivity index (χ1v) is 11.2. The first-order chi connectivity index (χ1) is 14.2. The second-order valence-electron chi connectivity index (χ2n) is 8.82. The Morgan fingerprint density at radius 1 is 1.06 bits per heavy atom. The third-order valence-corrected chi connectivity index (χ3v) is 6.53. The van der Waals surface area contributed by atoms with Crippen molar-refractivity contribution in [3.63, 3.8) is 0 Å². The lowest BCUT2D eigenvalue weighted by atomic mass is 9.83. The average molecular weight is 453 g/mol. The maximum Gasteiger partial charge on any atom is 0.348 e. The fraction of sp³-hybridized carbons (Fsp3) is 0.520. The maximum atomic E-state index is 13.1. The van der Waals surface area contributed by atoms with Crippen LogP contribution in [-0.4, -0.2) is 24.3 Å². The number of allylic oxidation sites excluding steroid dienone is 5. The summed E-state index contributed by atoms with van der Waals surface area (Å²) in [4.78, 5) is 26.6. The minimum absolute atomic E-state index is 0.0301. The molecule has 1 rings (SSSR count). The predicted molar refractivity (Wildman–Crippen MR) is 124 cm³/mol. The summed E-state index contributed by atoms with van der Waals surface area (Å²) in [7, 11) is 0. The zero-order valence-corrected chi connectivity index (χ0v) is 20.6. The van der Waals surface area contributed by atoms with Gasteiger partial charge in [-0.1, -0.05) is 51.5 Å². The van der Waals surface area contributed by atoms with Gasteiger partial charge in [0.2, 0.25) is 0 Å². The van der Waals surface area contributed by atoms with E-state index in [0.717, 1.165) is 23.8 Å². The fourth-order valence-electron chi connectivity index (χ4n) is 2.77. The fourth-order valence-corrected chi connectivity index (χ4v) is 3.84. The molecule has 1 aromatic heterocycles. The van der Waals surface area contributed by atoms with Gasteiger partial charge in [0.15, 0.2) is 5.78 Å². The van der Waals surface area contributed by atoms with Gasteiger partial charge in [0.05, 0.1) is 0 Å². The number of esters is 1. The van der Waals surface area contributed by atoms with Gasteiger partial charge in [0.25, 0.3) is 5.92 Å². The third-order valence-electron chi connectivity index (χ3n) is 5.34. The number of ether oxygens (including phenoxy) is 1. The van der Waals surface area contributed by atoms with Crippen LogP contribution in [0.5, 0.6) is 0 Å². The first kappa shape index (κ1) is 27.0. The van der Waals surface area contributed by atoms with Crippen molar-refractivity contribution >= 4 is 23.1 Å². The van der Waals surface area contributed by atoms with Crippen LogP contribution in [0.15, 0.2) is 35.5 Å². The number of hydrogen-bond acceptors (Lipinski definition) is 4. The summed E-state index contributed by atoms with van der Waals surface area (Å²) in [6.07, 6.45) is 7.55. The van der Waals surface area contributed by atoms with Crippen LogP contribution in [0.3, 0.4) is 0 Å². The molecule has 172 valence electrons. The minimum atomic E-state index is -2.85. The van der Waals surface area contributed by atoms with E-state index in [1.807, 2.05) is 6.92 Å². The predicted octanol–water partition coefficient (Wildman–Crippen LogP) is 7.63. The van der Waals surface area contributed by atoms with Gasteiger partial charge in [0, 0.05) is 23.8 Å². The number of thiophene rings is 1. The normalized spacial score (nSPS) is 13.7. The number of rotatable bonds is 10. The van der Waals surface area contributed by atoms with Crippen LogP contribution in [0.2, 0.25) is 0 Å². The van der Waals surface area contributed by atoms with Crippen molar-refractivity contribution in [1.29, 1.82) is 0 Å². The Morgan fingerprint density at radius 3 is 2.19 bits per heavy atom. The SMILES string of the molecule is CCC(C)(C)CC(=O)c1c(C)sc(C(=O)OC/C(C)=C/C=C\C=C(/C)C(C)(F)F)c1C. The smallest absolute Gasteiger partial charge is 0.348 e. The Hall–Kier alpha value is -2.08. The quantitative estimate of drug-likeness (QED) is 0.208. The number of carbonyl (C=O) groups is 2. The summed E-state index contributed by atoms with van der Waals surface area (Å²) in [5.41, 5.74) is 1.95. The van der Waals surface area contributed by atoms with Gasteiger partial charge in [0.1, 0.15) is 11.5 Å². The summed E-state index contributed by atoms with van der Waals surface area (Å²) < 4.78 is 31.6. The molecule has 0 fully saturated rings. The number of carbonyl (C=O) groups excluding carboxylic acids is 2. The van der Waals surface area contributed by atoms with E-state index in [2.05, 4.69) is 20.8 Å². The molecule has 0 bridgehead atoms. The van der Waals surface area contributed by atoms with E-state index in [-0.39, 0.29) is 23.4 Å². The monoisotopic (exact) mass is 452 g/mol. The molecule has 6 heteroatoms. The molecule has 0 atom stereocenters. The Morgan fingerprint density at radius 2 is 1.65 bits per heavy atom. The van der Waals surface area contributed by atoms with Crippen LogP contribution in [0.1, 0.15) is 84.9 Å². The molecular weight excluding hydrogens is 418 g/mol. The lowest BCUT2D eigenvalue weighted by Gasteiger charge is -2.21. The number of alkyl halides is 2. The molecule has 0 aromatic carbocycles. The van der Waals surface area contributed by atoms with E-state index in [1.54, 1.807) is 26.0 Å². The van der Waals surface area contributed by atoms with E-state index in [1.165, 1.54) is 30.4 Å². The minimum Gasteiger partial charge on any atom is -0.457 e. The molecule has 1 heterocycles. The Labute approximate surface area is 188 Å². The number of halogens is 2. The molecular formula is C25H34F2O3S. The van der Waals surface area contributed by atoms with Gasteiger partial charge in [-0.25, -0.2) is 13.6 Å². The van der Waals surface area contributed by atoms with Gasteiger partial charge in [-0.3, -0.25) is 4.79 Å². The number of Topliss-reactive ketones (excluding diaryl/α,β-unsaturated/α-hetero) is 1. The lowest BCUT2D eigenvalue weighted by molar-refractivity contribution is 0.0544. The largest absolute Gasteiger partial charge is 0.457 e. The molecule has 0 unspecified atom stereocenters. The van der Waals surface area contributed by atoms with Crippen LogP contribution in [0, 0.1) is 19.3 Å². The molecule has 0 N–H and O–H groups in total. The highest BCUT2D eigenvalue weighted by atomic mass is 32.1. The molecule has 0 saturated carbocycles. The summed E-state index contributed by atoms with van der Waals surface area (Å²) in [5.74, 6) is -3.25. The second-order valence-corrected chi connectivity index (χ2v) is 10.0. The Bertz CT molecular complexity index is 897. The number of hydrogen-bond donors (Lipinski definition) is 0. The van der Waals surface area contributed by atoms with Crippen LogP contribution in [0.4, 0.5) is 8.78 Å². The van der Waals surface area contributed by atoms with E-state index >= 15 is 0 Å². The molecule has 0 amide bonds. The maximum absolute atomic E-state index is 13.1. The average Bonchev–Trinajstić information content (AvgIpc) is 2.96. The summed E-state index contributed by atoms with van der Waals surface area (Å²) in [6.45, 7) is 13.9. The van der Waals surface area contributed by atoms with Crippen molar-refractivity contribution in [2.75, 3.05) is 6.61 Å². The van der Waals surface area contributed by atoms with Crippen molar-refractivity contribution in [2.24, 2.45) is 5.41 Å². The van der Waals surface area contributed by atoms with Gasteiger partial charge in [-0.2, -0.15) is 0 Å². The van der Waals surface area contributed by atoms with E-state index in [0.29, 0.717) is 22.4 Å². The van der Waals surface area contributed by atoms with Crippen molar-refractivity contribution in [1.82, 2.24) is 0 Å². The van der Waals surface area contributed by atoms with Crippen LogP contribution >= 0.6 is 11.3 Å². The van der Waals surface area contributed by atoms with E-state index < -0.39 is 11.9 Å². The topological polar surface area (TPSA) is 43.4 Å². The molecule has 0 spiro atoms. The van der Waals surface area contributed by atoms with Crippen molar-refractivity contribution < 1.29 is 23.1 Å². The van der Waals surface area contributed by atoms with Crippen molar-refractivity contribution in [3.8, 4) is 0 Å². The first-order valence-electron chi connectivity index (χ1n) is 10.4. The summed E-state index contributed by atoms with van der Waals surface area (Å²) >= 11 is 1.28. The molecule has 31 heavy (non-hydrogen) atoms. The van der Waals surface area contributed by atoms with Gasteiger partial charge in [-0.05, 0) is 49.8 Å². The molecule has 0 aliphatic rings. The van der Waals surface area contributed by atoms with Crippen LogP contribution in [-0.2, 0) is 4.74 Å². The highest BCUT2D eigenvalue weighted by Gasteiger charge is 2.27. The zero-order valence-electron chi connectivity index (χ0n) is 19.8. The number of ketones is 1. The van der Waals surface area contributed by atoms with Gasteiger partial charge < -0.3 is 4.74 Å². The zero-order chi connectivity index (χ0) is 24.0. The molecule has 0 radical (unpaired) electrons. The van der Waals surface area contributed by atoms with Crippen LogP contribution < -0.4 is 0 Å². The van der Waals surface area contributed by atoms with Crippen LogP contribution in [0.25, 0.3) is 0 Å². The highest BCUT2D eigenvalue weighted by Crippen LogP contribution is 2.33. The lowest BCUT2D eigenvalue weighted by Crippen LogP contribution is -2.17. The standard InChI is InChI=1S/C25H34F2O3S/c1-9-24(6,7)14-20(28)21-18(4)22(31-19(21)5)23(29)30-15-16(2)12-10-11-13-17(3)25(8,26)27/h10-13H,9,14-15H2,1-8H3/b11-10-,16-12+,17-13+. The molecule has 1 aromatic rings. The van der Waals surface area contributed by atoms with Crippen molar-refractivity contribution in [3.05, 3.63) is 56.3 Å². The molecule has 3 nitrogen and oxygen atoms in total. The Kier molecular flexibility index (Phi) is 9.55. The Balaban J connectivity index is 2.82.